The van der Waals surface area contributed by atoms with Crippen LogP contribution in [-0.4, -0.2) is 6.54 Å². The number of nitrogens with one attached hydrogen (secondary N) is 1. The van der Waals surface area contributed by atoms with Crippen molar-refractivity contribution in [2.24, 2.45) is 5.92 Å². The molecule has 0 bridgehead atoms. The Hall–Kier alpha value is -1.05. The Labute approximate surface area is 84.3 Å². The van der Waals surface area contributed by atoms with E-state index in [4.69, 9.17) is 0 Å². The maximum absolute atomic E-state index is 13.4. The van der Waals surface area contributed by atoms with Gasteiger partial charge in [0.2, 0.25) is 0 Å². The molecule has 0 radical (unpaired) electrons. The molecule has 76 valence electrons. The second-order valence-corrected chi connectivity index (χ2v) is 4.16. The fourth-order valence-electron chi connectivity index (χ4n) is 1.71. The molecule has 1 N–H and O–H groups in total. The largest absolute Gasteiger partial charge is 0.382 e. The zero-order valence-electron chi connectivity index (χ0n) is 8.52. The van der Waals surface area contributed by atoms with Crippen LogP contribution in [0.1, 0.15) is 24.8 Å². The second kappa shape index (κ2) is 3.99. The van der Waals surface area contributed by atoms with Gasteiger partial charge in [0.1, 0.15) is 5.82 Å². The van der Waals surface area contributed by atoms with Crippen LogP contribution < -0.4 is 5.32 Å². The van der Waals surface area contributed by atoms with Crippen molar-refractivity contribution in [1.82, 2.24) is 0 Å². The Morgan fingerprint density at radius 1 is 1.43 bits per heavy atom. The van der Waals surface area contributed by atoms with Gasteiger partial charge in [0.15, 0.2) is 0 Å². The Morgan fingerprint density at radius 2 is 2.21 bits per heavy atom. The Kier molecular flexibility index (Phi) is 2.71. The van der Waals surface area contributed by atoms with E-state index in [1.807, 2.05) is 19.1 Å². The normalized spacial score (nSPS) is 16.4. The number of rotatable bonds is 3. The number of hydrogen-bond acceptors (Lipinski definition) is 1. The molecular weight excluding hydrogens is 177 g/mol. The summed E-state index contributed by atoms with van der Waals surface area (Å²) >= 11 is 0. The van der Waals surface area contributed by atoms with E-state index in [1.54, 1.807) is 6.07 Å². The number of benzene rings is 1. The van der Waals surface area contributed by atoms with Gasteiger partial charge < -0.3 is 5.32 Å². The summed E-state index contributed by atoms with van der Waals surface area (Å²) in [6.45, 7) is 2.82. The highest BCUT2D eigenvalue weighted by atomic mass is 19.1. The van der Waals surface area contributed by atoms with Crippen molar-refractivity contribution in [3.05, 3.63) is 29.6 Å². The van der Waals surface area contributed by atoms with Gasteiger partial charge in [0.05, 0.1) is 5.69 Å². The SMILES string of the molecule is Cc1ccc(NCC2CCC2)c(F)c1. The molecule has 0 spiro atoms. The predicted octanol–water partition coefficient (Wildman–Crippen LogP) is 3.35. The third-order valence-corrected chi connectivity index (χ3v) is 2.93. The lowest BCUT2D eigenvalue weighted by Gasteiger charge is -2.25. The van der Waals surface area contributed by atoms with Gasteiger partial charge in [-0.1, -0.05) is 12.5 Å². The minimum Gasteiger partial charge on any atom is -0.382 e. The molecular formula is C12H16FN. The monoisotopic (exact) mass is 193 g/mol. The lowest BCUT2D eigenvalue weighted by atomic mass is 9.85. The molecule has 1 aromatic rings. The molecule has 0 amide bonds. The lowest BCUT2D eigenvalue weighted by Crippen LogP contribution is -2.21. The predicted molar refractivity (Wildman–Crippen MR) is 57.0 cm³/mol. The average Bonchev–Trinajstić information content (AvgIpc) is 2.05. The summed E-state index contributed by atoms with van der Waals surface area (Å²) in [5.41, 5.74) is 1.61. The van der Waals surface area contributed by atoms with Crippen LogP contribution in [0.4, 0.5) is 10.1 Å². The first kappa shape index (κ1) is 9.50. The molecule has 1 aliphatic carbocycles. The molecule has 1 nitrogen and oxygen atoms in total. The van der Waals surface area contributed by atoms with Crippen LogP contribution in [0.15, 0.2) is 18.2 Å². The van der Waals surface area contributed by atoms with Crippen molar-refractivity contribution < 1.29 is 4.39 Å². The van der Waals surface area contributed by atoms with E-state index in [2.05, 4.69) is 5.32 Å². The van der Waals surface area contributed by atoms with E-state index in [0.717, 1.165) is 18.0 Å². The van der Waals surface area contributed by atoms with Crippen molar-refractivity contribution in [1.29, 1.82) is 0 Å². The van der Waals surface area contributed by atoms with Gasteiger partial charge in [0.25, 0.3) is 0 Å². The number of aryl methyl sites for hydroxylation is 1. The maximum Gasteiger partial charge on any atom is 0.146 e. The van der Waals surface area contributed by atoms with E-state index in [9.17, 15) is 4.39 Å². The van der Waals surface area contributed by atoms with Gasteiger partial charge in [0, 0.05) is 6.54 Å². The standard InChI is InChI=1S/C12H16FN/c1-9-5-6-12(11(13)7-9)14-8-10-3-2-4-10/h5-7,10,14H,2-4,8H2,1H3. The molecule has 0 unspecified atom stereocenters. The molecule has 14 heavy (non-hydrogen) atoms. The van der Waals surface area contributed by atoms with Crippen molar-refractivity contribution in [3.63, 3.8) is 0 Å². The number of anilines is 1. The average molecular weight is 193 g/mol. The first-order valence-corrected chi connectivity index (χ1v) is 5.26. The topological polar surface area (TPSA) is 12.0 Å². The van der Waals surface area contributed by atoms with E-state index in [1.165, 1.54) is 19.3 Å². The highest BCUT2D eigenvalue weighted by Crippen LogP contribution is 2.27. The first-order valence-electron chi connectivity index (χ1n) is 5.26. The third-order valence-electron chi connectivity index (χ3n) is 2.93. The summed E-state index contributed by atoms with van der Waals surface area (Å²) in [5.74, 6) is 0.625. The number of hydrogen-bond donors (Lipinski definition) is 1. The molecule has 0 heterocycles. The second-order valence-electron chi connectivity index (χ2n) is 4.16. The summed E-state index contributed by atoms with van der Waals surface area (Å²) in [6, 6.07) is 5.33. The number of halogens is 1. The molecule has 1 fully saturated rings. The van der Waals surface area contributed by atoms with Crippen LogP contribution in [0.25, 0.3) is 0 Å². The smallest absolute Gasteiger partial charge is 0.146 e. The van der Waals surface area contributed by atoms with E-state index < -0.39 is 0 Å². The lowest BCUT2D eigenvalue weighted by molar-refractivity contribution is 0.333. The van der Waals surface area contributed by atoms with Crippen molar-refractivity contribution >= 4 is 5.69 Å². The molecule has 1 aliphatic rings. The zero-order valence-corrected chi connectivity index (χ0v) is 8.52. The van der Waals surface area contributed by atoms with E-state index in [0.29, 0.717) is 5.69 Å². The summed E-state index contributed by atoms with van der Waals surface area (Å²) < 4.78 is 13.4. The van der Waals surface area contributed by atoms with Crippen LogP contribution >= 0.6 is 0 Å². The highest BCUT2D eigenvalue weighted by molar-refractivity contribution is 5.46. The molecule has 1 aromatic carbocycles. The van der Waals surface area contributed by atoms with Gasteiger partial charge in [-0.2, -0.15) is 0 Å². The quantitative estimate of drug-likeness (QED) is 0.776. The summed E-state index contributed by atoms with van der Waals surface area (Å²) in [7, 11) is 0. The van der Waals surface area contributed by atoms with Gasteiger partial charge in [-0.05, 0) is 43.4 Å². The molecule has 2 rings (SSSR count). The summed E-state index contributed by atoms with van der Waals surface area (Å²) in [5, 5.41) is 3.17. The first-order chi connectivity index (χ1) is 6.75. The minimum absolute atomic E-state index is 0.135. The zero-order chi connectivity index (χ0) is 9.97. The van der Waals surface area contributed by atoms with Crippen molar-refractivity contribution in [3.8, 4) is 0 Å². The van der Waals surface area contributed by atoms with E-state index >= 15 is 0 Å². The molecule has 0 aliphatic heterocycles. The van der Waals surface area contributed by atoms with Crippen LogP contribution in [0, 0.1) is 18.7 Å². The molecule has 0 atom stereocenters. The third kappa shape index (κ3) is 2.06. The summed E-state index contributed by atoms with van der Waals surface area (Å²) in [4.78, 5) is 0. The summed E-state index contributed by atoms with van der Waals surface area (Å²) in [6.07, 6.45) is 3.92. The van der Waals surface area contributed by atoms with Gasteiger partial charge in [-0.3, -0.25) is 0 Å². The van der Waals surface area contributed by atoms with Crippen molar-refractivity contribution in [2.75, 3.05) is 11.9 Å². The fourth-order valence-corrected chi connectivity index (χ4v) is 1.71. The highest BCUT2D eigenvalue weighted by Gasteiger charge is 2.17. The Morgan fingerprint density at radius 3 is 2.79 bits per heavy atom. The van der Waals surface area contributed by atoms with Crippen molar-refractivity contribution in [2.45, 2.75) is 26.2 Å². The van der Waals surface area contributed by atoms with Gasteiger partial charge in [-0.15, -0.1) is 0 Å². The van der Waals surface area contributed by atoms with Gasteiger partial charge >= 0.3 is 0 Å². The molecule has 0 saturated heterocycles. The van der Waals surface area contributed by atoms with Crippen LogP contribution in [0.3, 0.4) is 0 Å². The fraction of sp³-hybridized carbons (Fsp3) is 0.500. The van der Waals surface area contributed by atoms with Crippen LogP contribution in [0.2, 0.25) is 0 Å². The maximum atomic E-state index is 13.4. The Balaban J connectivity index is 1.94. The molecule has 2 heteroatoms. The van der Waals surface area contributed by atoms with E-state index in [-0.39, 0.29) is 5.82 Å². The Bertz CT molecular complexity index is 318. The van der Waals surface area contributed by atoms with Gasteiger partial charge in [-0.25, -0.2) is 4.39 Å². The molecule has 1 saturated carbocycles. The minimum atomic E-state index is -0.135. The molecule has 0 aromatic heterocycles. The van der Waals surface area contributed by atoms with Crippen LogP contribution in [-0.2, 0) is 0 Å². The van der Waals surface area contributed by atoms with Crippen LogP contribution in [0.5, 0.6) is 0 Å².